The smallest absolute Gasteiger partial charge is 0.248 e. The standard InChI is InChI=1S/C16H16ClN3O2/c1-22-13-6-7-14(18-10-13)19-20-15(21)16(8-9-16)11-2-4-12(17)5-3-11/h2-7,10H,8-9H2,1H3,(H,18,19)(H,20,21). The molecule has 1 aliphatic rings. The first-order valence-corrected chi connectivity index (χ1v) is 7.34. The molecule has 1 fully saturated rings. The molecule has 3 rings (SSSR count). The molecule has 1 saturated carbocycles. The van der Waals surface area contributed by atoms with Crippen LogP contribution < -0.4 is 15.6 Å². The molecule has 114 valence electrons. The van der Waals surface area contributed by atoms with E-state index in [0.717, 1.165) is 18.4 Å². The van der Waals surface area contributed by atoms with Crippen LogP contribution in [0.4, 0.5) is 5.82 Å². The second-order valence-electron chi connectivity index (χ2n) is 5.25. The van der Waals surface area contributed by atoms with Gasteiger partial charge in [-0.15, -0.1) is 0 Å². The van der Waals surface area contributed by atoms with Crippen molar-refractivity contribution in [1.29, 1.82) is 0 Å². The Balaban J connectivity index is 1.65. The molecule has 0 unspecified atom stereocenters. The van der Waals surface area contributed by atoms with E-state index in [1.807, 2.05) is 24.3 Å². The predicted octanol–water partition coefficient (Wildman–Crippen LogP) is 2.92. The second kappa shape index (κ2) is 5.85. The molecule has 0 bridgehead atoms. The summed E-state index contributed by atoms with van der Waals surface area (Å²) in [6.45, 7) is 0. The van der Waals surface area contributed by atoms with Gasteiger partial charge in [-0.05, 0) is 42.7 Å². The summed E-state index contributed by atoms with van der Waals surface area (Å²) in [6, 6.07) is 10.9. The SMILES string of the molecule is COc1ccc(NNC(=O)C2(c3ccc(Cl)cc3)CC2)nc1. The topological polar surface area (TPSA) is 63.2 Å². The molecule has 1 aromatic heterocycles. The van der Waals surface area contributed by atoms with Gasteiger partial charge in [0.1, 0.15) is 11.6 Å². The van der Waals surface area contributed by atoms with E-state index in [-0.39, 0.29) is 5.91 Å². The molecule has 1 aromatic carbocycles. The Kier molecular flexibility index (Phi) is 3.90. The van der Waals surface area contributed by atoms with Crippen LogP contribution in [-0.4, -0.2) is 18.0 Å². The number of ether oxygens (including phenoxy) is 1. The number of nitrogens with one attached hydrogen (secondary N) is 2. The van der Waals surface area contributed by atoms with Crippen molar-refractivity contribution in [3.8, 4) is 5.75 Å². The zero-order valence-electron chi connectivity index (χ0n) is 12.1. The number of halogens is 1. The maximum Gasteiger partial charge on any atom is 0.248 e. The highest BCUT2D eigenvalue weighted by atomic mass is 35.5. The molecule has 0 aliphatic heterocycles. The lowest BCUT2D eigenvalue weighted by Gasteiger charge is -2.16. The van der Waals surface area contributed by atoms with Gasteiger partial charge in [0.25, 0.3) is 0 Å². The highest BCUT2D eigenvalue weighted by Gasteiger charge is 2.51. The highest BCUT2D eigenvalue weighted by molar-refractivity contribution is 6.30. The van der Waals surface area contributed by atoms with E-state index in [0.29, 0.717) is 16.6 Å². The molecule has 0 atom stereocenters. The second-order valence-corrected chi connectivity index (χ2v) is 5.69. The maximum atomic E-state index is 12.5. The third-order valence-corrected chi connectivity index (χ3v) is 4.11. The van der Waals surface area contributed by atoms with Crippen molar-refractivity contribution in [3.05, 3.63) is 53.2 Å². The van der Waals surface area contributed by atoms with Gasteiger partial charge < -0.3 is 4.74 Å². The van der Waals surface area contributed by atoms with Crippen LogP contribution in [0.15, 0.2) is 42.6 Å². The van der Waals surface area contributed by atoms with Crippen LogP contribution >= 0.6 is 11.6 Å². The number of rotatable bonds is 5. The van der Waals surface area contributed by atoms with Crippen LogP contribution in [-0.2, 0) is 10.2 Å². The summed E-state index contributed by atoms with van der Waals surface area (Å²) in [5, 5.41) is 0.667. The lowest BCUT2D eigenvalue weighted by Crippen LogP contribution is -2.38. The normalized spacial score (nSPS) is 15.0. The Bertz CT molecular complexity index is 667. The first kappa shape index (κ1) is 14.7. The van der Waals surface area contributed by atoms with Crippen molar-refractivity contribution >= 4 is 23.3 Å². The number of carbonyl (C=O) groups excluding carboxylic acids is 1. The van der Waals surface area contributed by atoms with E-state index >= 15 is 0 Å². The number of amides is 1. The number of anilines is 1. The van der Waals surface area contributed by atoms with Crippen LogP contribution in [0.5, 0.6) is 5.75 Å². The first-order chi connectivity index (χ1) is 10.6. The number of hydrazine groups is 1. The highest BCUT2D eigenvalue weighted by Crippen LogP contribution is 2.48. The van der Waals surface area contributed by atoms with Crippen molar-refractivity contribution < 1.29 is 9.53 Å². The maximum absolute atomic E-state index is 12.5. The number of benzene rings is 1. The summed E-state index contributed by atoms with van der Waals surface area (Å²) < 4.78 is 5.04. The lowest BCUT2D eigenvalue weighted by atomic mass is 9.95. The molecule has 1 heterocycles. The van der Waals surface area contributed by atoms with Gasteiger partial charge in [0, 0.05) is 5.02 Å². The summed E-state index contributed by atoms with van der Waals surface area (Å²) >= 11 is 5.90. The van der Waals surface area contributed by atoms with Crippen molar-refractivity contribution in [3.63, 3.8) is 0 Å². The van der Waals surface area contributed by atoms with Gasteiger partial charge in [-0.2, -0.15) is 0 Å². The van der Waals surface area contributed by atoms with E-state index in [2.05, 4.69) is 15.8 Å². The van der Waals surface area contributed by atoms with Crippen molar-refractivity contribution in [1.82, 2.24) is 10.4 Å². The van der Waals surface area contributed by atoms with E-state index in [4.69, 9.17) is 16.3 Å². The molecule has 6 heteroatoms. The number of carbonyl (C=O) groups is 1. The fraction of sp³-hybridized carbons (Fsp3) is 0.250. The minimum Gasteiger partial charge on any atom is -0.495 e. The zero-order valence-corrected chi connectivity index (χ0v) is 12.9. The van der Waals surface area contributed by atoms with Gasteiger partial charge in [-0.1, -0.05) is 23.7 Å². The number of hydrogen-bond acceptors (Lipinski definition) is 4. The summed E-state index contributed by atoms with van der Waals surface area (Å²) in [7, 11) is 1.58. The van der Waals surface area contributed by atoms with Gasteiger partial charge in [-0.3, -0.25) is 15.6 Å². The van der Waals surface area contributed by atoms with Gasteiger partial charge in [0.15, 0.2) is 0 Å². The molecule has 2 N–H and O–H groups in total. The average molecular weight is 318 g/mol. The van der Waals surface area contributed by atoms with Crippen molar-refractivity contribution in [2.24, 2.45) is 0 Å². The molecule has 1 aliphatic carbocycles. The monoisotopic (exact) mass is 317 g/mol. The largest absolute Gasteiger partial charge is 0.495 e. The number of nitrogens with zero attached hydrogens (tertiary/aromatic N) is 1. The van der Waals surface area contributed by atoms with Crippen LogP contribution in [0.2, 0.25) is 5.02 Å². The van der Waals surface area contributed by atoms with Crippen LogP contribution in [0.1, 0.15) is 18.4 Å². The minimum absolute atomic E-state index is 0.0626. The summed E-state index contributed by atoms with van der Waals surface area (Å²) in [6.07, 6.45) is 3.25. The third-order valence-electron chi connectivity index (χ3n) is 3.86. The van der Waals surface area contributed by atoms with E-state index in [1.54, 1.807) is 25.4 Å². The van der Waals surface area contributed by atoms with Crippen molar-refractivity contribution in [2.45, 2.75) is 18.3 Å². The van der Waals surface area contributed by atoms with E-state index in [1.165, 1.54) is 0 Å². The Morgan fingerprint density at radius 1 is 1.23 bits per heavy atom. The quantitative estimate of drug-likeness (QED) is 0.832. The summed E-state index contributed by atoms with van der Waals surface area (Å²) in [4.78, 5) is 16.6. The van der Waals surface area contributed by atoms with Crippen LogP contribution in [0, 0.1) is 0 Å². The number of pyridine rings is 1. The molecule has 0 radical (unpaired) electrons. The zero-order chi connectivity index (χ0) is 15.6. The Morgan fingerprint density at radius 3 is 2.50 bits per heavy atom. The first-order valence-electron chi connectivity index (χ1n) is 6.97. The molecular weight excluding hydrogens is 302 g/mol. The predicted molar refractivity (Wildman–Crippen MR) is 84.9 cm³/mol. The van der Waals surface area contributed by atoms with Gasteiger partial charge >= 0.3 is 0 Å². The van der Waals surface area contributed by atoms with Crippen LogP contribution in [0.25, 0.3) is 0 Å². The Hall–Kier alpha value is -2.27. The molecular formula is C16H16ClN3O2. The minimum atomic E-state index is -0.454. The average Bonchev–Trinajstić information content (AvgIpc) is 3.35. The summed E-state index contributed by atoms with van der Waals surface area (Å²) in [5.41, 5.74) is 6.09. The van der Waals surface area contributed by atoms with Crippen molar-refractivity contribution in [2.75, 3.05) is 12.5 Å². The number of aromatic nitrogens is 1. The molecule has 1 amide bonds. The number of hydrogen-bond donors (Lipinski definition) is 2. The van der Waals surface area contributed by atoms with Gasteiger partial charge in [0.05, 0.1) is 18.7 Å². The lowest BCUT2D eigenvalue weighted by molar-refractivity contribution is -0.123. The molecule has 0 saturated heterocycles. The molecule has 2 aromatic rings. The fourth-order valence-corrected chi connectivity index (χ4v) is 2.48. The Labute approximate surface area is 133 Å². The molecule has 0 spiro atoms. The Morgan fingerprint density at radius 2 is 1.95 bits per heavy atom. The van der Waals surface area contributed by atoms with E-state index < -0.39 is 5.41 Å². The van der Waals surface area contributed by atoms with Gasteiger partial charge in [-0.25, -0.2) is 4.98 Å². The summed E-state index contributed by atoms with van der Waals surface area (Å²) in [5.74, 6) is 1.16. The molecule has 5 nitrogen and oxygen atoms in total. The van der Waals surface area contributed by atoms with Crippen LogP contribution in [0.3, 0.4) is 0 Å². The third kappa shape index (κ3) is 2.85. The fourth-order valence-electron chi connectivity index (χ4n) is 2.36. The molecule has 22 heavy (non-hydrogen) atoms. The van der Waals surface area contributed by atoms with Gasteiger partial charge in [0.2, 0.25) is 5.91 Å². The van der Waals surface area contributed by atoms with E-state index in [9.17, 15) is 4.79 Å². The number of methoxy groups -OCH3 is 1.